The summed E-state index contributed by atoms with van der Waals surface area (Å²) >= 11 is 0. The molecule has 0 saturated heterocycles. The molecule has 0 amide bonds. The molecule has 10 nitrogen and oxygen atoms in total. The lowest BCUT2D eigenvalue weighted by molar-refractivity contribution is -0.137. The van der Waals surface area contributed by atoms with Gasteiger partial charge in [-0.3, -0.25) is 4.79 Å². The highest BCUT2D eigenvalue weighted by Gasteiger charge is 2.19. The van der Waals surface area contributed by atoms with Gasteiger partial charge in [0.2, 0.25) is 11.8 Å². The number of carboxylic acids is 1. The molecule has 0 unspecified atom stereocenters. The van der Waals surface area contributed by atoms with Crippen LogP contribution < -0.4 is 9.47 Å². The standard InChI is InChI=1S/C28H27N3O7/c1-35-18-21(28(34)36-2)20-11-7-9-13-23(20)38-26-16-25(37-22-12-8-6-10-19(22)17-29)30-24(31-26)14-4-3-5-15-27(32)33/h6-13,16,18H,3-5,14-15H2,1-2H3,(H,32,33)/b21-18+. The van der Waals surface area contributed by atoms with Crippen molar-refractivity contribution in [1.82, 2.24) is 9.97 Å². The Kier molecular flexibility index (Phi) is 10.2. The molecule has 0 radical (unpaired) electrons. The number of carbonyl (C=O) groups is 2. The lowest BCUT2D eigenvalue weighted by Crippen LogP contribution is -2.06. The predicted molar refractivity (Wildman–Crippen MR) is 137 cm³/mol. The zero-order valence-electron chi connectivity index (χ0n) is 21.0. The van der Waals surface area contributed by atoms with E-state index < -0.39 is 11.9 Å². The number of aryl methyl sites for hydroxylation is 1. The fourth-order valence-electron chi connectivity index (χ4n) is 3.50. The molecule has 0 aliphatic carbocycles. The monoisotopic (exact) mass is 517 g/mol. The third-order valence-electron chi connectivity index (χ3n) is 5.27. The van der Waals surface area contributed by atoms with Crippen LogP contribution in [0.15, 0.2) is 60.9 Å². The predicted octanol–water partition coefficient (Wildman–Crippen LogP) is 5.28. The molecule has 0 aliphatic rings. The number of nitrogens with zero attached hydrogens (tertiary/aromatic N) is 3. The highest BCUT2D eigenvalue weighted by atomic mass is 16.5. The van der Waals surface area contributed by atoms with E-state index in [1.165, 1.54) is 26.5 Å². The van der Waals surface area contributed by atoms with Crippen LogP contribution in [0.25, 0.3) is 5.57 Å². The van der Waals surface area contributed by atoms with Gasteiger partial charge in [0.05, 0.1) is 32.1 Å². The van der Waals surface area contributed by atoms with Crippen molar-refractivity contribution in [1.29, 1.82) is 5.26 Å². The third kappa shape index (κ3) is 7.80. The van der Waals surface area contributed by atoms with Gasteiger partial charge in [-0.15, -0.1) is 0 Å². The minimum atomic E-state index is -0.837. The smallest absolute Gasteiger partial charge is 0.341 e. The second kappa shape index (κ2) is 14.0. The van der Waals surface area contributed by atoms with Crippen LogP contribution in [0.1, 0.15) is 42.6 Å². The zero-order valence-corrected chi connectivity index (χ0v) is 21.0. The van der Waals surface area contributed by atoms with Crippen molar-refractivity contribution in [3.63, 3.8) is 0 Å². The molecular weight excluding hydrogens is 490 g/mol. The number of benzene rings is 2. The zero-order chi connectivity index (χ0) is 27.3. The molecule has 196 valence electrons. The summed E-state index contributed by atoms with van der Waals surface area (Å²) in [4.78, 5) is 32.1. The molecule has 1 aromatic heterocycles. The largest absolute Gasteiger partial charge is 0.503 e. The average molecular weight is 518 g/mol. The molecule has 0 atom stereocenters. The number of unbranched alkanes of at least 4 members (excludes halogenated alkanes) is 2. The van der Waals surface area contributed by atoms with Crippen LogP contribution in [0.2, 0.25) is 0 Å². The van der Waals surface area contributed by atoms with Crippen LogP contribution in [0.4, 0.5) is 0 Å². The van der Waals surface area contributed by atoms with Crippen molar-refractivity contribution in [3.05, 3.63) is 77.8 Å². The van der Waals surface area contributed by atoms with Crippen LogP contribution >= 0.6 is 0 Å². The van der Waals surface area contributed by atoms with Gasteiger partial charge >= 0.3 is 11.9 Å². The van der Waals surface area contributed by atoms with Gasteiger partial charge < -0.3 is 24.1 Å². The maximum atomic E-state index is 12.4. The molecule has 3 rings (SSSR count). The molecule has 0 spiro atoms. The number of methoxy groups -OCH3 is 2. The molecule has 10 heteroatoms. The number of hydrogen-bond donors (Lipinski definition) is 1. The third-order valence-corrected chi connectivity index (χ3v) is 5.27. The highest BCUT2D eigenvalue weighted by molar-refractivity contribution is 6.17. The molecule has 0 aliphatic heterocycles. The summed E-state index contributed by atoms with van der Waals surface area (Å²) in [6, 6.07) is 17.1. The molecular formula is C28H27N3O7. The molecule has 2 aromatic carbocycles. The molecule has 1 heterocycles. The van der Waals surface area contributed by atoms with Crippen LogP contribution in [-0.2, 0) is 25.5 Å². The van der Waals surface area contributed by atoms with Gasteiger partial charge in [0, 0.05) is 18.4 Å². The lowest BCUT2D eigenvalue weighted by Gasteiger charge is -2.14. The maximum Gasteiger partial charge on any atom is 0.341 e. The first-order valence-electron chi connectivity index (χ1n) is 11.8. The number of carboxylic acid groups (broad SMARTS) is 1. The second-order valence-corrected chi connectivity index (χ2v) is 7.98. The van der Waals surface area contributed by atoms with E-state index in [4.69, 9.17) is 24.1 Å². The van der Waals surface area contributed by atoms with Crippen LogP contribution in [0, 0.1) is 11.3 Å². The first kappa shape index (κ1) is 27.7. The van der Waals surface area contributed by atoms with E-state index in [1.807, 2.05) is 0 Å². The Morgan fingerprint density at radius 2 is 1.61 bits per heavy atom. The van der Waals surface area contributed by atoms with E-state index in [-0.39, 0.29) is 23.8 Å². The number of carbonyl (C=O) groups excluding carboxylic acids is 1. The Labute approximate surface area is 220 Å². The molecule has 38 heavy (non-hydrogen) atoms. The average Bonchev–Trinajstić information content (AvgIpc) is 2.91. The number of hydrogen-bond acceptors (Lipinski definition) is 9. The van der Waals surface area contributed by atoms with E-state index in [0.29, 0.717) is 54.1 Å². The van der Waals surface area contributed by atoms with E-state index in [1.54, 1.807) is 48.5 Å². The highest BCUT2D eigenvalue weighted by Crippen LogP contribution is 2.32. The van der Waals surface area contributed by atoms with Gasteiger partial charge in [-0.05, 0) is 31.0 Å². The first-order valence-corrected chi connectivity index (χ1v) is 11.8. The second-order valence-electron chi connectivity index (χ2n) is 7.98. The number of rotatable bonds is 13. The summed E-state index contributed by atoms with van der Waals surface area (Å²) in [6.07, 6.45) is 3.69. The molecule has 1 N–H and O–H groups in total. The molecule has 3 aromatic rings. The fraction of sp³-hybridized carbons (Fsp3) is 0.250. The van der Waals surface area contributed by atoms with E-state index >= 15 is 0 Å². The van der Waals surface area contributed by atoms with Crippen LogP contribution in [-0.4, -0.2) is 41.2 Å². The van der Waals surface area contributed by atoms with Gasteiger partial charge in [0.25, 0.3) is 0 Å². The number of esters is 1. The Morgan fingerprint density at radius 3 is 2.26 bits per heavy atom. The van der Waals surface area contributed by atoms with Gasteiger partial charge in [-0.1, -0.05) is 36.8 Å². The van der Waals surface area contributed by atoms with E-state index in [2.05, 4.69) is 16.0 Å². The van der Waals surface area contributed by atoms with Gasteiger partial charge in [-0.2, -0.15) is 15.2 Å². The number of ether oxygens (including phenoxy) is 4. The summed E-state index contributed by atoms with van der Waals surface area (Å²) in [5, 5.41) is 18.3. The molecule has 0 saturated carbocycles. The summed E-state index contributed by atoms with van der Waals surface area (Å²) in [7, 11) is 2.69. The number of nitriles is 1. The Balaban J connectivity index is 1.94. The first-order chi connectivity index (χ1) is 18.4. The number of aromatic nitrogens is 2. The lowest BCUT2D eigenvalue weighted by atomic mass is 10.1. The van der Waals surface area contributed by atoms with Gasteiger partial charge in [0.15, 0.2) is 0 Å². The van der Waals surface area contributed by atoms with Gasteiger partial charge in [0.1, 0.15) is 29.0 Å². The quantitative estimate of drug-likeness (QED) is 0.138. The van der Waals surface area contributed by atoms with Crippen molar-refractivity contribution < 1.29 is 33.6 Å². The number of para-hydroxylation sites is 2. The topological polar surface area (TPSA) is 141 Å². The summed E-state index contributed by atoms with van der Waals surface area (Å²) in [5.74, 6) is -0.0734. The van der Waals surface area contributed by atoms with Crippen molar-refractivity contribution in [2.24, 2.45) is 0 Å². The summed E-state index contributed by atoms with van der Waals surface area (Å²) < 4.78 is 21.9. The van der Waals surface area contributed by atoms with Crippen molar-refractivity contribution in [2.75, 3.05) is 14.2 Å². The summed E-state index contributed by atoms with van der Waals surface area (Å²) in [5.41, 5.74) is 0.909. The maximum absolute atomic E-state index is 12.4. The van der Waals surface area contributed by atoms with Gasteiger partial charge in [-0.25, -0.2) is 4.79 Å². The Bertz CT molecular complexity index is 1350. The van der Waals surface area contributed by atoms with Crippen molar-refractivity contribution in [3.8, 4) is 29.3 Å². The van der Waals surface area contributed by atoms with Crippen molar-refractivity contribution >= 4 is 17.5 Å². The van der Waals surface area contributed by atoms with Crippen LogP contribution in [0.5, 0.6) is 23.3 Å². The minimum Gasteiger partial charge on any atom is -0.503 e. The Hall–Kier alpha value is -4.91. The summed E-state index contributed by atoms with van der Waals surface area (Å²) in [6.45, 7) is 0. The van der Waals surface area contributed by atoms with E-state index in [9.17, 15) is 14.9 Å². The molecule has 0 bridgehead atoms. The minimum absolute atomic E-state index is 0.0949. The van der Waals surface area contributed by atoms with Crippen LogP contribution in [0.3, 0.4) is 0 Å². The fourth-order valence-corrected chi connectivity index (χ4v) is 3.50. The molecule has 0 fully saturated rings. The normalized spacial score (nSPS) is 10.8. The SMILES string of the molecule is CO/C=C(/C(=O)OC)c1ccccc1Oc1cc(Oc2ccccc2C#N)nc(CCCCCC(=O)O)n1. The van der Waals surface area contributed by atoms with E-state index in [0.717, 1.165) is 0 Å². The Morgan fingerprint density at radius 1 is 0.947 bits per heavy atom. The van der Waals surface area contributed by atoms with Crippen molar-refractivity contribution in [2.45, 2.75) is 32.1 Å². The number of aliphatic carboxylic acids is 1.